The molecule has 0 aromatic carbocycles. The van der Waals surface area contributed by atoms with Crippen molar-refractivity contribution in [3.63, 3.8) is 0 Å². The Morgan fingerprint density at radius 1 is 1.50 bits per heavy atom. The second kappa shape index (κ2) is 3.23. The molecule has 0 saturated carbocycles. The summed E-state index contributed by atoms with van der Waals surface area (Å²) in [5, 5.41) is 0. The molecule has 0 fully saturated rings. The van der Waals surface area contributed by atoms with E-state index in [2.05, 4.69) is 4.98 Å². The Morgan fingerprint density at radius 2 is 2.17 bits per heavy atom. The van der Waals surface area contributed by atoms with E-state index in [1.807, 2.05) is 0 Å². The van der Waals surface area contributed by atoms with Crippen LogP contribution in [0.5, 0.6) is 0 Å². The molecule has 0 aliphatic heterocycles. The molecular weight excluding hydrogens is 174 g/mol. The van der Waals surface area contributed by atoms with Gasteiger partial charge in [0.25, 0.3) is 0 Å². The number of hydrogen-bond acceptors (Lipinski definition) is 3. The van der Waals surface area contributed by atoms with Crippen LogP contribution in [-0.4, -0.2) is 19.2 Å². The van der Waals surface area contributed by atoms with E-state index in [0.29, 0.717) is 4.90 Å². The third kappa shape index (κ3) is 1.82. The molecular formula is C8H11NO2S. The molecule has 0 unspecified atom stereocenters. The predicted molar refractivity (Wildman–Crippen MR) is 46.7 cm³/mol. The van der Waals surface area contributed by atoms with Crippen molar-refractivity contribution in [2.75, 3.05) is 5.75 Å². The molecule has 0 spiro atoms. The van der Waals surface area contributed by atoms with Gasteiger partial charge >= 0.3 is 0 Å². The summed E-state index contributed by atoms with van der Waals surface area (Å²) in [5.74, 6) is 0.135. The SMILES string of the molecule is CCS(=O)(=O)c1ccnc(C)c1. The minimum Gasteiger partial charge on any atom is -0.262 e. The second-order valence-corrected chi connectivity index (χ2v) is 4.81. The molecule has 1 heterocycles. The Hall–Kier alpha value is -0.900. The molecule has 0 bridgehead atoms. The lowest BCUT2D eigenvalue weighted by molar-refractivity contribution is 0.597. The molecule has 0 radical (unpaired) electrons. The molecule has 0 atom stereocenters. The summed E-state index contributed by atoms with van der Waals surface area (Å²) in [6.07, 6.45) is 1.51. The largest absolute Gasteiger partial charge is 0.262 e. The fourth-order valence-electron chi connectivity index (χ4n) is 0.880. The van der Waals surface area contributed by atoms with Crippen LogP contribution in [0.3, 0.4) is 0 Å². The summed E-state index contributed by atoms with van der Waals surface area (Å²) < 4.78 is 22.7. The maximum Gasteiger partial charge on any atom is 0.178 e. The van der Waals surface area contributed by atoms with E-state index in [9.17, 15) is 8.42 Å². The minimum absolute atomic E-state index is 0.135. The minimum atomic E-state index is -3.06. The fraction of sp³-hybridized carbons (Fsp3) is 0.375. The average Bonchev–Trinajstić information content (AvgIpc) is 2.05. The molecule has 66 valence electrons. The van der Waals surface area contributed by atoms with Crippen LogP contribution in [0.15, 0.2) is 23.2 Å². The smallest absolute Gasteiger partial charge is 0.178 e. The Morgan fingerprint density at radius 3 is 2.67 bits per heavy atom. The van der Waals surface area contributed by atoms with E-state index in [0.717, 1.165) is 5.69 Å². The fourth-order valence-corrected chi connectivity index (χ4v) is 1.83. The van der Waals surface area contributed by atoms with Crippen molar-refractivity contribution >= 4 is 9.84 Å². The van der Waals surface area contributed by atoms with Gasteiger partial charge in [0.2, 0.25) is 0 Å². The quantitative estimate of drug-likeness (QED) is 0.695. The van der Waals surface area contributed by atoms with Crippen molar-refractivity contribution in [3.05, 3.63) is 24.0 Å². The third-order valence-electron chi connectivity index (χ3n) is 1.61. The van der Waals surface area contributed by atoms with Gasteiger partial charge < -0.3 is 0 Å². The Balaban J connectivity index is 3.21. The van der Waals surface area contributed by atoms with Crippen molar-refractivity contribution in [3.8, 4) is 0 Å². The Labute approximate surface area is 72.4 Å². The molecule has 0 saturated heterocycles. The summed E-state index contributed by atoms with van der Waals surface area (Å²) in [5.41, 5.74) is 0.726. The van der Waals surface area contributed by atoms with Gasteiger partial charge in [-0.1, -0.05) is 6.92 Å². The molecule has 0 amide bonds. The highest BCUT2D eigenvalue weighted by atomic mass is 32.2. The molecule has 0 aliphatic carbocycles. The van der Waals surface area contributed by atoms with E-state index in [1.165, 1.54) is 12.3 Å². The average molecular weight is 185 g/mol. The molecule has 4 heteroatoms. The lowest BCUT2D eigenvalue weighted by atomic mass is 10.4. The summed E-state index contributed by atoms with van der Waals surface area (Å²) in [7, 11) is -3.06. The first-order chi connectivity index (χ1) is 5.56. The van der Waals surface area contributed by atoms with Gasteiger partial charge in [0.15, 0.2) is 9.84 Å². The standard InChI is InChI=1S/C8H11NO2S/c1-3-12(10,11)8-4-5-9-7(2)6-8/h4-6H,3H2,1-2H3. The van der Waals surface area contributed by atoms with Crippen LogP contribution in [0, 0.1) is 6.92 Å². The van der Waals surface area contributed by atoms with E-state index >= 15 is 0 Å². The lowest BCUT2D eigenvalue weighted by Gasteiger charge is -2.00. The van der Waals surface area contributed by atoms with Gasteiger partial charge in [-0.2, -0.15) is 0 Å². The number of sulfone groups is 1. The number of hydrogen-bond donors (Lipinski definition) is 0. The number of nitrogens with zero attached hydrogens (tertiary/aromatic N) is 1. The van der Waals surface area contributed by atoms with Crippen molar-refractivity contribution in [2.45, 2.75) is 18.7 Å². The van der Waals surface area contributed by atoms with Crippen LogP contribution < -0.4 is 0 Å². The number of pyridine rings is 1. The van der Waals surface area contributed by atoms with Gasteiger partial charge in [-0.05, 0) is 19.1 Å². The van der Waals surface area contributed by atoms with E-state index in [-0.39, 0.29) is 5.75 Å². The zero-order chi connectivity index (χ0) is 9.19. The third-order valence-corrected chi connectivity index (χ3v) is 3.34. The number of rotatable bonds is 2. The number of aromatic nitrogens is 1. The normalized spacial score (nSPS) is 11.5. The van der Waals surface area contributed by atoms with Gasteiger partial charge in [0, 0.05) is 11.9 Å². The Bertz CT molecular complexity index is 370. The molecule has 3 nitrogen and oxygen atoms in total. The van der Waals surface area contributed by atoms with Crippen molar-refractivity contribution in [2.24, 2.45) is 0 Å². The van der Waals surface area contributed by atoms with Crippen LogP contribution in [0.25, 0.3) is 0 Å². The van der Waals surface area contributed by atoms with Crippen molar-refractivity contribution < 1.29 is 8.42 Å². The first-order valence-electron chi connectivity index (χ1n) is 3.71. The van der Waals surface area contributed by atoms with Gasteiger partial charge in [-0.3, -0.25) is 4.98 Å². The zero-order valence-corrected chi connectivity index (χ0v) is 7.93. The Kier molecular flexibility index (Phi) is 2.47. The van der Waals surface area contributed by atoms with E-state index < -0.39 is 9.84 Å². The van der Waals surface area contributed by atoms with E-state index in [1.54, 1.807) is 19.9 Å². The van der Waals surface area contributed by atoms with Crippen LogP contribution >= 0.6 is 0 Å². The second-order valence-electron chi connectivity index (χ2n) is 2.54. The van der Waals surface area contributed by atoms with Crippen LogP contribution in [0.2, 0.25) is 0 Å². The molecule has 1 aromatic heterocycles. The first kappa shape index (κ1) is 9.19. The van der Waals surface area contributed by atoms with Crippen molar-refractivity contribution in [1.82, 2.24) is 4.98 Å². The summed E-state index contributed by atoms with van der Waals surface area (Å²) in [6, 6.07) is 3.10. The topological polar surface area (TPSA) is 47.0 Å². The monoisotopic (exact) mass is 185 g/mol. The van der Waals surface area contributed by atoms with Gasteiger partial charge in [0.1, 0.15) is 0 Å². The van der Waals surface area contributed by atoms with Gasteiger partial charge in [-0.15, -0.1) is 0 Å². The number of aryl methyl sites for hydroxylation is 1. The molecule has 1 aromatic rings. The molecule has 0 N–H and O–H groups in total. The maximum atomic E-state index is 11.3. The van der Waals surface area contributed by atoms with Gasteiger partial charge in [-0.25, -0.2) is 8.42 Å². The summed E-state index contributed by atoms with van der Waals surface area (Å²) in [6.45, 7) is 3.40. The van der Waals surface area contributed by atoms with E-state index in [4.69, 9.17) is 0 Å². The highest BCUT2D eigenvalue weighted by Crippen LogP contribution is 2.10. The predicted octanol–water partition coefficient (Wildman–Crippen LogP) is 1.18. The lowest BCUT2D eigenvalue weighted by Crippen LogP contribution is -2.03. The highest BCUT2D eigenvalue weighted by Gasteiger charge is 2.10. The van der Waals surface area contributed by atoms with Crippen LogP contribution in [0.4, 0.5) is 0 Å². The van der Waals surface area contributed by atoms with Crippen molar-refractivity contribution in [1.29, 1.82) is 0 Å². The van der Waals surface area contributed by atoms with Crippen LogP contribution in [-0.2, 0) is 9.84 Å². The highest BCUT2D eigenvalue weighted by molar-refractivity contribution is 7.91. The van der Waals surface area contributed by atoms with Crippen LogP contribution in [0.1, 0.15) is 12.6 Å². The molecule has 1 rings (SSSR count). The summed E-state index contributed by atoms with van der Waals surface area (Å²) >= 11 is 0. The first-order valence-corrected chi connectivity index (χ1v) is 5.37. The summed E-state index contributed by atoms with van der Waals surface area (Å²) in [4.78, 5) is 4.28. The molecule has 12 heavy (non-hydrogen) atoms. The van der Waals surface area contributed by atoms with Gasteiger partial charge in [0.05, 0.1) is 10.6 Å². The molecule has 0 aliphatic rings. The zero-order valence-electron chi connectivity index (χ0n) is 7.11. The maximum absolute atomic E-state index is 11.3.